The van der Waals surface area contributed by atoms with Gasteiger partial charge in [-0.3, -0.25) is 4.79 Å². The summed E-state index contributed by atoms with van der Waals surface area (Å²) in [5.41, 5.74) is 5.48. The van der Waals surface area contributed by atoms with Gasteiger partial charge in [-0.1, -0.05) is 36.4 Å². The fourth-order valence-corrected chi connectivity index (χ4v) is 4.83. The highest BCUT2D eigenvalue weighted by Crippen LogP contribution is 2.51. The van der Waals surface area contributed by atoms with Crippen LogP contribution >= 0.6 is 0 Å². The molecule has 1 saturated carbocycles. The van der Waals surface area contributed by atoms with Gasteiger partial charge in [-0.25, -0.2) is 9.97 Å². The predicted octanol–water partition coefficient (Wildman–Crippen LogP) is 5.40. The first-order chi connectivity index (χ1) is 13.8. The molecule has 2 bridgehead atoms. The van der Waals surface area contributed by atoms with Crippen LogP contribution in [0.4, 0.5) is 5.69 Å². The lowest BCUT2D eigenvalue weighted by Crippen LogP contribution is -2.12. The van der Waals surface area contributed by atoms with Gasteiger partial charge in [0, 0.05) is 28.5 Å². The first-order valence-electron chi connectivity index (χ1n) is 9.87. The molecule has 1 heterocycles. The number of amides is 1. The molecule has 4 aromatic rings. The van der Waals surface area contributed by atoms with Crippen molar-refractivity contribution in [2.24, 2.45) is 0 Å². The number of hydrogen-bond acceptors (Lipinski definition) is 3. The second-order valence-corrected chi connectivity index (χ2v) is 7.89. The third-order valence-electron chi connectivity index (χ3n) is 6.23. The van der Waals surface area contributed by atoms with Crippen molar-refractivity contribution >= 4 is 33.4 Å². The van der Waals surface area contributed by atoms with Gasteiger partial charge in [0.25, 0.3) is 5.91 Å². The van der Waals surface area contributed by atoms with Crippen molar-refractivity contribution in [3.8, 4) is 0 Å². The molecule has 2 unspecified atom stereocenters. The molecular formula is C24H19N3O. The van der Waals surface area contributed by atoms with E-state index >= 15 is 0 Å². The molecule has 2 aliphatic rings. The Balaban J connectivity index is 1.37. The van der Waals surface area contributed by atoms with Crippen molar-refractivity contribution in [2.45, 2.75) is 31.1 Å². The fourth-order valence-electron chi connectivity index (χ4n) is 4.83. The van der Waals surface area contributed by atoms with E-state index in [9.17, 15) is 4.79 Å². The van der Waals surface area contributed by atoms with E-state index < -0.39 is 0 Å². The second-order valence-electron chi connectivity index (χ2n) is 7.89. The Morgan fingerprint density at radius 1 is 0.857 bits per heavy atom. The topological polar surface area (TPSA) is 54.9 Å². The summed E-state index contributed by atoms with van der Waals surface area (Å²) < 4.78 is 0. The molecule has 0 radical (unpaired) electrons. The van der Waals surface area contributed by atoms with Crippen LogP contribution in [0.25, 0.3) is 21.8 Å². The number of fused-ring (bicyclic) bond motifs is 7. The number of nitrogens with zero attached hydrogens (tertiary/aromatic N) is 2. The van der Waals surface area contributed by atoms with Crippen LogP contribution in [0.1, 0.15) is 52.8 Å². The van der Waals surface area contributed by atoms with Gasteiger partial charge in [0.1, 0.15) is 0 Å². The van der Waals surface area contributed by atoms with E-state index in [0.717, 1.165) is 33.2 Å². The lowest BCUT2D eigenvalue weighted by atomic mass is 10.00. The van der Waals surface area contributed by atoms with Crippen LogP contribution in [-0.4, -0.2) is 15.9 Å². The molecule has 1 aromatic heterocycles. The summed E-state index contributed by atoms with van der Waals surface area (Å²) in [6.07, 6.45) is 3.66. The summed E-state index contributed by atoms with van der Waals surface area (Å²) in [6, 6.07) is 19.6. The molecule has 1 fully saturated rings. The summed E-state index contributed by atoms with van der Waals surface area (Å²) in [5, 5.41) is 5.20. The minimum absolute atomic E-state index is 0.123. The molecular weight excluding hydrogens is 346 g/mol. The monoisotopic (exact) mass is 365 g/mol. The van der Waals surface area contributed by atoms with E-state index in [1.165, 1.54) is 25.0 Å². The third-order valence-corrected chi connectivity index (χ3v) is 6.23. The van der Waals surface area contributed by atoms with Crippen molar-refractivity contribution in [3.05, 3.63) is 77.6 Å². The van der Waals surface area contributed by atoms with Gasteiger partial charge in [0.2, 0.25) is 0 Å². The van der Waals surface area contributed by atoms with E-state index in [0.29, 0.717) is 17.4 Å². The van der Waals surface area contributed by atoms with Gasteiger partial charge in [-0.2, -0.15) is 0 Å². The van der Waals surface area contributed by atoms with Crippen molar-refractivity contribution in [3.63, 3.8) is 0 Å². The van der Waals surface area contributed by atoms with Crippen LogP contribution in [0.2, 0.25) is 0 Å². The maximum Gasteiger partial charge on any atom is 0.255 e. The molecule has 2 aliphatic carbocycles. The summed E-state index contributed by atoms with van der Waals surface area (Å²) in [6.45, 7) is 0. The Morgan fingerprint density at radius 2 is 1.61 bits per heavy atom. The van der Waals surface area contributed by atoms with Crippen LogP contribution in [0.5, 0.6) is 0 Å². The Hall–Kier alpha value is -3.27. The molecule has 6 rings (SSSR count). The largest absolute Gasteiger partial charge is 0.321 e. The number of anilines is 1. The average molecular weight is 365 g/mol. The highest BCUT2D eigenvalue weighted by atomic mass is 16.1. The predicted molar refractivity (Wildman–Crippen MR) is 111 cm³/mol. The number of aromatic nitrogens is 2. The van der Waals surface area contributed by atoms with Crippen LogP contribution in [0, 0.1) is 0 Å². The summed E-state index contributed by atoms with van der Waals surface area (Å²) >= 11 is 0. The third kappa shape index (κ3) is 2.34. The standard InChI is InChI=1S/C24H19N3O/c28-24(27-19-7-3-5-14-4-1-2-6-18(14)19)17-10-11-20-21(13-17)26-23-16-9-8-15(12-16)22(23)25-20/h1-7,10-11,13,15-16H,8-9,12H2,(H,27,28). The minimum atomic E-state index is -0.123. The summed E-state index contributed by atoms with van der Waals surface area (Å²) in [4.78, 5) is 22.7. The average Bonchev–Trinajstić information content (AvgIpc) is 3.34. The van der Waals surface area contributed by atoms with Crippen molar-refractivity contribution in [2.75, 3.05) is 5.32 Å². The van der Waals surface area contributed by atoms with Gasteiger partial charge in [0.15, 0.2) is 0 Å². The molecule has 136 valence electrons. The van der Waals surface area contributed by atoms with Crippen LogP contribution in [0.15, 0.2) is 60.7 Å². The van der Waals surface area contributed by atoms with E-state index in [2.05, 4.69) is 5.32 Å². The lowest BCUT2D eigenvalue weighted by molar-refractivity contribution is 0.102. The Morgan fingerprint density at radius 3 is 2.46 bits per heavy atom. The Kier molecular flexibility index (Phi) is 3.30. The quantitative estimate of drug-likeness (QED) is 0.517. The van der Waals surface area contributed by atoms with Crippen LogP contribution in [0.3, 0.4) is 0 Å². The highest BCUT2D eigenvalue weighted by molar-refractivity contribution is 6.10. The first kappa shape index (κ1) is 15.8. The minimum Gasteiger partial charge on any atom is -0.321 e. The molecule has 1 amide bonds. The SMILES string of the molecule is O=C(Nc1cccc2ccccc12)c1ccc2nc3c(nc2c1)C1CCC3C1. The number of rotatable bonds is 2. The Bertz CT molecular complexity index is 1260. The van der Waals surface area contributed by atoms with Crippen molar-refractivity contribution < 1.29 is 4.79 Å². The molecule has 0 saturated heterocycles. The number of carbonyl (C=O) groups is 1. The fraction of sp³-hybridized carbons (Fsp3) is 0.208. The maximum absolute atomic E-state index is 12.9. The van der Waals surface area contributed by atoms with E-state index in [-0.39, 0.29) is 5.91 Å². The highest BCUT2D eigenvalue weighted by Gasteiger charge is 2.39. The summed E-state index contributed by atoms with van der Waals surface area (Å²) in [5.74, 6) is 1.03. The molecule has 4 heteroatoms. The second kappa shape index (κ2) is 5.86. The van der Waals surface area contributed by atoms with Gasteiger partial charge < -0.3 is 5.32 Å². The maximum atomic E-state index is 12.9. The zero-order chi connectivity index (χ0) is 18.7. The number of nitrogens with one attached hydrogen (secondary N) is 1. The van der Waals surface area contributed by atoms with E-state index in [4.69, 9.17) is 9.97 Å². The lowest BCUT2D eigenvalue weighted by Gasteiger charge is -2.14. The molecule has 1 N–H and O–H groups in total. The van der Waals surface area contributed by atoms with Crippen LogP contribution in [-0.2, 0) is 0 Å². The zero-order valence-electron chi connectivity index (χ0n) is 15.4. The zero-order valence-corrected chi connectivity index (χ0v) is 15.4. The van der Waals surface area contributed by atoms with Gasteiger partial charge in [0.05, 0.1) is 22.4 Å². The molecule has 2 atom stereocenters. The smallest absolute Gasteiger partial charge is 0.255 e. The van der Waals surface area contributed by atoms with Gasteiger partial charge in [-0.05, 0) is 48.9 Å². The van der Waals surface area contributed by atoms with Gasteiger partial charge >= 0.3 is 0 Å². The number of carbonyl (C=O) groups excluding carboxylic acids is 1. The van der Waals surface area contributed by atoms with Crippen LogP contribution < -0.4 is 5.32 Å². The first-order valence-corrected chi connectivity index (χ1v) is 9.87. The van der Waals surface area contributed by atoms with E-state index in [1.807, 2.05) is 60.7 Å². The molecule has 0 spiro atoms. The van der Waals surface area contributed by atoms with Crippen molar-refractivity contribution in [1.82, 2.24) is 9.97 Å². The molecule has 0 aliphatic heterocycles. The Labute approximate surface area is 162 Å². The normalized spacial score (nSPS) is 19.9. The molecule has 3 aromatic carbocycles. The van der Waals surface area contributed by atoms with E-state index in [1.54, 1.807) is 0 Å². The number of hydrogen-bond donors (Lipinski definition) is 1. The number of benzene rings is 3. The van der Waals surface area contributed by atoms with Gasteiger partial charge in [-0.15, -0.1) is 0 Å². The molecule has 4 nitrogen and oxygen atoms in total. The van der Waals surface area contributed by atoms with Crippen molar-refractivity contribution in [1.29, 1.82) is 0 Å². The summed E-state index contributed by atoms with van der Waals surface area (Å²) in [7, 11) is 0. The molecule has 28 heavy (non-hydrogen) atoms.